The molecule has 2 aromatic rings. The molecule has 0 saturated heterocycles. The van der Waals surface area contributed by atoms with Gasteiger partial charge in [0.1, 0.15) is 5.75 Å². The molecule has 0 atom stereocenters. The topological polar surface area (TPSA) is 81.5 Å². The average molecular weight is 366 g/mol. The predicted molar refractivity (Wildman–Crippen MR) is 87.4 cm³/mol. The summed E-state index contributed by atoms with van der Waals surface area (Å²) < 4.78 is 44.8. The van der Waals surface area contributed by atoms with Crippen molar-refractivity contribution in [1.29, 1.82) is 0 Å². The highest BCUT2D eigenvalue weighted by molar-refractivity contribution is 5.92. The lowest BCUT2D eigenvalue weighted by atomic mass is 10.1. The van der Waals surface area contributed by atoms with Crippen LogP contribution in [-0.2, 0) is 11.2 Å². The molecule has 0 aromatic heterocycles. The summed E-state index contributed by atoms with van der Waals surface area (Å²) in [6, 6.07) is 5.36. The minimum atomic E-state index is -1.70. The van der Waals surface area contributed by atoms with Gasteiger partial charge in [0.05, 0.1) is 10.6 Å². The number of benzene rings is 2. The Morgan fingerprint density at radius 1 is 1.23 bits per heavy atom. The molecule has 1 N–H and O–H groups in total. The number of carbonyl (C=O) groups excluding carboxylic acids is 1. The molecule has 2 aromatic carbocycles. The van der Waals surface area contributed by atoms with Crippen molar-refractivity contribution in [1.82, 2.24) is 0 Å². The van der Waals surface area contributed by atoms with Crippen LogP contribution in [0, 0.1) is 27.6 Å². The van der Waals surface area contributed by atoms with Crippen LogP contribution in [0.15, 0.2) is 43.0 Å². The lowest BCUT2D eigenvalue weighted by Crippen LogP contribution is -2.21. The fourth-order valence-corrected chi connectivity index (χ4v) is 2.09. The number of rotatable bonds is 7. The van der Waals surface area contributed by atoms with Gasteiger partial charge in [-0.15, -0.1) is 6.58 Å². The quantitative estimate of drug-likeness (QED) is 0.350. The number of allylic oxidation sites excluding steroid dienone is 1. The van der Waals surface area contributed by atoms with Gasteiger partial charge in [0, 0.05) is 17.7 Å². The molecule has 0 heterocycles. The van der Waals surface area contributed by atoms with Crippen LogP contribution in [0.2, 0.25) is 0 Å². The summed E-state index contributed by atoms with van der Waals surface area (Å²) in [6.45, 7) is 2.97. The van der Waals surface area contributed by atoms with Gasteiger partial charge in [-0.05, 0) is 24.6 Å². The van der Waals surface area contributed by atoms with Gasteiger partial charge in [-0.2, -0.15) is 0 Å². The SMILES string of the molecule is C=CCc1cc([N+](=O)[O-])ccc1OCC(=O)Nc1ccc(F)c(F)c1F. The molecule has 0 spiro atoms. The molecule has 136 valence electrons. The number of nitrogens with zero attached hydrogens (tertiary/aromatic N) is 1. The number of nitro benzene ring substituents is 1. The minimum absolute atomic E-state index is 0.150. The van der Waals surface area contributed by atoms with Gasteiger partial charge in [0.2, 0.25) is 0 Å². The van der Waals surface area contributed by atoms with E-state index in [2.05, 4.69) is 11.9 Å². The monoisotopic (exact) mass is 366 g/mol. The van der Waals surface area contributed by atoms with E-state index in [1.165, 1.54) is 24.3 Å². The van der Waals surface area contributed by atoms with Gasteiger partial charge < -0.3 is 10.1 Å². The molecule has 26 heavy (non-hydrogen) atoms. The Hall–Kier alpha value is -3.36. The van der Waals surface area contributed by atoms with E-state index in [1.54, 1.807) is 0 Å². The summed E-state index contributed by atoms with van der Waals surface area (Å²) in [5, 5.41) is 12.9. The number of ether oxygens (including phenoxy) is 1. The third-order valence-electron chi connectivity index (χ3n) is 3.29. The van der Waals surface area contributed by atoms with E-state index >= 15 is 0 Å². The van der Waals surface area contributed by atoms with Gasteiger partial charge in [0.15, 0.2) is 24.1 Å². The fourth-order valence-electron chi connectivity index (χ4n) is 2.09. The molecule has 0 radical (unpaired) electrons. The Labute approximate surface area is 146 Å². The second-order valence-corrected chi connectivity index (χ2v) is 5.10. The molecule has 6 nitrogen and oxygen atoms in total. The molecule has 0 bridgehead atoms. The van der Waals surface area contributed by atoms with E-state index in [-0.39, 0.29) is 17.9 Å². The lowest BCUT2D eigenvalue weighted by molar-refractivity contribution is -0.384. The highest BCUT2D eigenvalue weighted by Gasteiger charge is 2.16. The summed E-state index contributed by atoms with van der Waals surface area (Å²) >= 11 is 0. The number of nitro groups is 1. The van der Waals surface area contributed by atoms with Crippen molar-refractivity contribution in [2.24, 2.45) is 0 Å². The van der Waals surface area contributed by atoms with Gasteiger partial charge >= 0.3 is 0 Å². The number of halogens is 3. The maximum Gasteiger partial charge on any atom is 0.269 e. The second kappa shape index (κ2) is 8.15. The van der Waals surface area contributed by atoms with Crippen LogP contribution in [0.25, 0.3) is 0 Å². The summed E-state index contributed by atoms with van der Waals surface area (Å²) in [7, 11) is 0. The smallest absolute Gasteiger partial charge is 0.269 e. The molecular formula is C17H13F3N2O4. The molecule has 0 saturated carbocycles. The van der Waals surface area contributed by atoms with E-state index in [1.807, 2.05) is 0 Å². The number of amides is 1. The van der Waals surface area contributed by atoms with E-state index < -0.39 is 40.6 Å². The summed E-state index contributed by atoms with van der Waals surface area (Å²) in [4.78, 5) is 22.1. The zero-order valence-electron chi connectivity index (χ0n) is 13.3. The van der Waals surface area contributed by atoms with Crippen LogP contribution >= 0.6 is 0 Å². The van der Waals surface area contributed by atoms with E-state index in [4.69, 9.17) is 4.74 Å². The molecule has 0 aliphatic rings. The van der Waals surface area contributed by atoms with Crippen molar-refractivity contribution in [3.05, 3.63) is 76.1 Å². The maximum absolute atomic E-state index is 13.5. The number of anilines is 1. The Morgan fingerprint density at radius 2 is 1.96 bits per heavy atom. The number of nitrogens with one attached hydrogen (secondary N) is 1. The highest BCUT2D eigenvalue weighted by Crippen LogP contribution is 2.25. The van der Waals surface area contributed by atoms with Crippen molar-refractivity contribution in [3.63, 3.8) is 0 Å². The first-order valence-corrected chi connectivity index (χ1v) is 7.27. The van der Waals surface area contributed by atoms with E-state index in [0.29, 0.717) is 11.6 Å². The zero-order valence-corrected chi connectivity index (χ0v) is 13.3. The molecule has 0 aliphatic carbocycles. The molecule has 1 amide bonds. The molecule has 0 fully saturated rings. The molecule has 9 heteroatoms. The molecule has 0 aliphatic heterocycles. The maximum atomic E-state index is 13.5. The van der Waals surface area contributed by atoms with Crippen LogP contribution in [0.3, 0.4) is 0 Å². The molecule has 2 rings (SSSR count). The largest absolute Gasteiger partial charge is 0.483 e. The summed E-state index contributed by atoms with van der Waals surface area (Å²) in [6.07, 6.45) is 1.76. The molecule has 0 unspecified atom stereocenters. The third-order valence-corrected chi connectivity index (χ3v) is 3.29. The van der Waals surface area contributed by atoms with E-state index in [9.17, 15) is 28.1 Å². The Kier molecular flexibility index (Phi) is 5.94. The van der Waals surface area contributed by atoms with Crippen molar-refractivity contribution < 1.29 is 27.6 Å². The van der Waals surface area contributed by atoms with Crippen LogP contribution in [0.5, 0.6) is 5.75 Å². The van der Waals surface area contributed by atoms with E-state index in [0.717, 1.165) is 6.07 Å². The Balaban J connectivity index is 2.08. The van der Waals surface area contributed by atoms with Crippen LogP contribution in [0.1, 0.15) is 5.56 Å². The normalized spacial score (nSPS) is 10.3. The van der Waals surface area contributed by atoms with Gasteiger partial charge in [-0.3, -0.25) is 14.9 Å². The Morgan fingerprint density at radius 3 is 2.62 bits per heavy atom. The summed E-state index contributed by atoms with van der Waals surface area (Å²) in [5.74, 6) is -5.22. The molecular weight excluding hydrogens is 353 g/mol. The van der Waals surface area contributed by atoms with Crippen molar-refractivity contribution >= 4 is 17.3 Å². The van der Waals surface area contributed by atoms with Crippen LogP contribution < -0.4 is 10.1 Å². The zero-order chi connectivity index (χ0) is 19.3. The first kappa shape index (κ1) is 19.0. The first-order chi connectivity index (χ1) is 12.3. The number of hydrogen-bond acceptors (Lipinski definition) is 4. The van der Waals surface area contributed by atoms with Crippen molar-refractivity contribution in [2.45, 2.75) is 6.42 Å². The number of non-ortho nitro benzene ring substituents is 1. The van der Waals surface area contributed by atoms with Gasteiger partial charge in [-0.1, -0.05) is 6.08 Å². The number of hydrogen-bond donors (Lipinski definition) is 1. The first-order valence-electron chi connectivity index (χ1n) is 7.27. The van der Waals surface area contributed by atoms with Gasteiger partial charge in [-0.25, -0.2) is 13.2 Å². The highest BCUT2D eigenvalue weighted by atomic mass is 19.2. The standard InChI is InChI=1S/C17H13F3N2O4/c1-2-3-10-8-11(22(24)25)4-7-14(10)26-9-15(23)21-13-6-5-12(18)16(19)17(13)20/h2,4-8H,1,3,9H2,(H,21,23). The third kappa shape index (κ3) is 4.38. The van der Waals surface area contributed by atoms with Crippen molar-refractivity contribution in [3.8, 4) is 5.75 Å². The average Bonchev–Trinajstić information content (AvgIpc) is 2.61. The minimum Gasteiger partial charge on any atom is -0.483 e. The predicted octanol–water partition coefficient (Wildman–Crippen LogP) is 3.76. The Bertz CT molecular complexity index is 871. The van der Waals surface area contributed by atoms with Crippen molar-refractivity contribution in [2.75, 3.05) is 11.9 Å². The van der Waals surface area contributed by atoms with Crippen LogP contribution in [-0.4, -0.2) is 17.4 Å². The lowest BCUT2D eigenvalue weighted by Gasteiger charge is -2.11. The summed E-state index contributed by atoms with van der Waals surface area (Å²) in [5.41, 5.74) is -0.254. The van der Waals surface area contributed by atoms with Crippen LogP contribution in [0.4, 0.5) is 24.5 Å². The van der Waals surface area contributed by atoms with Gasteiger partial charge in [0.25, 0.3) is 11.6 Å². The fraction of sp³-hybridized carbons (Fsp3) is 0.118. The second-order valence-electron chi connectivity index (χ2n) is 5.10. The number of carbonyl (C=O) groups is 1.